The van der Waals surface area contributed by atoms with Crippen LogP contribution in [0.3, 0.4) is 0 Å². The number of benzene rings is 1. The summed E-state index contributed by atoms with van der Waals surface area (Å²) in [6.07, 6.45) is -2.51. The summed E-state index contributed by atoms with van der Waals surface area (Å²) in [4.78, 5) is 42.8. The van der Waals surface area contributed by atoms with Gasteiger partial charge in [0.25, 0.3) is 11.8 Å². The standard InChI is InChI=1S/C24H26F4N4O3/c1-4-32(5-2)21(34)15-6-7-18(19(25)11-15)14(3)30-22(35)23(8-9-23)31-20(33)16-10-17(13-29-12-16)24(26,27)28/h6-7,10-14H,4-5,8-9H2,1-3H3,(H,30,35)(H,31,33)/t14-/m1/s1. The number of alkyl halides is 3. The second kappa shape index (κ2) is 10.0. The molecule has 2 N–H and O–H groups in total. The van der Waals surface area contributed by atoms with Crippen LogP contribution >= 0.6 is 0 Å². The zero-order valence-corrected chi connectivity index (χ0v) is 19.5. The van der Waals surface area contributed by atoms with E-state index in [4.69, 9.17) is 0 Å². The van der Waals surface area contributed by atoms with Crippen molar-refractivity contribution in [3.8, 4) is 0 Å². The minimum atomic E-state index is -4.66. The number of carbonyl (C=O) groups is 3. The summed E-state index contributed by atoms with van der Waals surface area (Å²) in [6, 6.07) is 3.90. The summed E-state index contributed by atoms with van der Waals surface area (Å²) >= 11 is 0. The minimum Gasteiger partial charge on any atom is -0.347 e. The van der Waals surface area contributed by atoms with Crippen LogP contribution in [0.5, 0.6) is 0 Å². The van der Waals surface area contributed by atoms with Crippen LogP contribution < -0.4 is 10.6 Å². The molecule has 1 aromatic heterocycles. The number of rotatable bonds is 8. The molecule has 1 aliphatic rings. The second-order valence-corrected chi connectivity index (χ2v) is 8.41. The molecule has 1 fully saturated rings. The van der Waals surface area contributed by atoms with Gasteiger partial charge in [0.1, 0.15) is 11.4 Å². The van der Waals surface area contributed by atoms with Crippen molar-refractivity contribution < 1.29 is 31.9 Å². The number of pyridine rings is 1. The predicted octanol–water partition coefficient (Wildman–Crippen LogP) is 3.86. The first-order valence-electron chi connectivity index (χ1n) is 11.2. The highest BCUT2D eigenvalue weighted by Crippen LogP contribution is 2.37. The first-order valence-corrected chi connectivity index (χ1v) is 11.2. The lowest BCUT2D eigenvalue weighted by Crippen LogP contribution is -2.49. The Morgan fingerprint density at radius 2 is 1.74 bits per heavy atom. The molecule has 2 aromatic rings. The smallest absolute Gasteiger partial charge is 0.347 e. The van der Waals surface area contributed by atoms with Crippen molar-refractivity contribution in [2.24, 2.45) is 0 Å². The fourth-order valence-electron chi connectivity index (χ4n) is 3.66. The zero-order valence-electron chi connectivity index (χ0n) is 19.5. The van der Waals surface area contributed by atoms with E-state index in [0.29, 0.717) is 25.4 Å². The van der Waals surface area contributed by atoms with Gasteiger partial charge in [0, 0.05) is 36.6 Å². The molecule has 0 spiro atoms. The highest BCUT2D eigenvalue weighted by Gasteiger charge is 2.51. The van der Waals surface area contributed by atoms with Gasteiger partial charge in [0.2, 0.25) is 5.91 Å². The Labute approximate surface area is 199 Å². The van der Waals surface area contributed by atoms with Gasteiger partial charge in [0.15, 0.2) is 0 Å². The Kier molecular flexibility index (Phi) is 7.47. The van der Waals surface area contributed by atoms with E-state index in [9.17, 15) is 31.9 Å². The van der Waals surface area contributed by atoms with Crippen LogP contribution in [0.15, 0.2) is 36.7 Å². The third-order valence-corrected chi connectivity index (χ3v) is 5.98. The third-order valence-electron chi connectivity index (χ3n) is 5.98. The van der Waals surface area contributed by atoms with Crippen molar-refractivity contribution in [2.75, 3.05) is 13.1 Å². The summed E-state index contributed by atoms with van der Waals surface area (Å²) in [5.41, 5.74) is -2.36. The summed E-state index contributed by atoms with van der Waals surface area (Å²) in [5.74, 6) is -2.42. The lowest BCUT2D eigenvalue weighted by molar-refractivity contribution is -0.137. The molecule has 1 heterocycles. The maximum absolute atomic E-state index is 14.8. The lowest BCUT2D eigenvalue weighted by Gasteiger charge is -2.22. The molecular formula is C24H26F4N4O3. The number of hydrogen-bond acceptors (Lipinski definition) is 4. The molecule has 3 rings (SSSR count). The fraction of sp³-hybridized carbons (Fsp3) is 0.417. The van der Waals surface area contributed by atoms with Gasteiger partial charge in [-0.3, -0.25) is 19.4 Å². The predicted molar refractivity (Wildman–Crippen MR) is 119 cm³/mol. The minimum absolute atomic E-state index is 0.152. The zero-order chi connectivity index (χ0) is 26.0. The van der Waals surface area contributed by atoms with E-state index in [1.807, 2.05) is 13.8 Å². The van der Waals surface area contributed by atoms with Gasteiger partial charge in [-0.25, -0.2) is 4.39 Å². The topological polar surface area (TPSA) is 91.4 Å². The van der Waals surface area contributed by atoms with Gasteiger partial charge >= 0.3 is 6.18 Å². The Morgan fingerprint density at radius 3 is 2.29 bits per heavy atom. The quantitative estimate of drug-likeness (QED) is 0.546. The number of aromatic nitrogens is 1. The Morgan fingerprint density at radius 1 is 1.09 bits per heavy atom. The molecule has 3 amide bonds. The molecule has 1 atom stereocenters. The van der Waals surface area contributed by atoms with E-state index < -0.39 is 41.0 Å². The van der Waals surface area contributed by atoms with Crippen LogP contribution in [0.2, 0.25) is 0 Å². The number of nitrogens with zero attached hydrogens (tertiary/aromatic N) is 2. The Balaban J connectivity index is 1.68. The molecular weight excluding hydrogens is 468 g/mol. The van der Waals surface area contributed by atoms with Crippen LogP contribution in [0.25, 0.3) is 0 Å². The number of halogens is 4. The molecule has 0 unspecified atom stereocenters. The average Bonchev–Trinajstić information content (AvgIpc) is 3.59. The van der Waals surface area contributed by atoms with Crippen molar-refractivity contribution in [3.63, 3.8) is 0 Å². The molecule has 0 aliphatic heterocycles. The molecule has 7 nitrogen and oxygen atoms in total. The van der Waals surface area contributed by atoms with E-state index in [0.717, 1.165) is 12.3 Å². The Hall–Kier alpha value is -3.50. The summed E-state index contributed by atoms with van der Waals surface area (Å²) in [6.45, 7) is 6.15. The number of hydrogen-bond donors (Lipinski definition) is 2. The highest BCUT2D eigenvalue weighted by atomic mass is 19.4. The van der Waals surface area contributed by atoms with Crippen molar-refractivity contribution >= 4 is 17.7 Å². The van der Waals surface area contributed by atoms with Crippen LogP contribution in [-0.2, 0) is 11.0 Å². The molecule has 1 aromatic carbocycles. The largest absolute Gasteiger partial charge is 0.417 e. The summed E-state index contributed by atoms with van der Waals surface area (Å²) in [5, 5.41) is 5.12. The molecule has 11 heteroatoms. The monoisotopic (exact) mass is 494 g/mol. The van der Waals surface area contributed by atoms with E-state index in [-0.39, 0.29) is 35.4 Å². The van der Waals surface area contributed by atoms with Gasteiger partial charge < -0.3 is 15.5 Å². The van der Waals surface area contributed by atoms with Crippen molar-refractivity contribution in [1.29, 1.82) is 0 Å². The fourth-order valence-corrected chi connectivity index (χ4v) is 3.66. The van der Waals surface area contributed by atoms with E-state index in [1.165, 1.54) is 12.1 Å². The lowest BCUT2D eigenvalue weighted by atomic mass is 10.0. The van der Waals surface area contributed by atoms with Gasteiger partial charge in [-0.1, -0.05) is 6.07 Å². The molecule has 1 saturated carbocycles. The van der Waals surface area contributed by atoms with Crippen molar-refractivity contribution in [1.82, 2.24) is 20.5 Å². The molecule has 0 radical (unpaired) electrons. The molecule has 35 heavy (non-hydrogen) atoms. The highest BCUT2D eigenvalue weighted by molar-refractivity contribution is 6.00. The van der Waals surface area contributed by atoms with Gasteiger partial charge in [-0.05, 0) is 51.8 Å². The molecule has 1 aliphatic carbocycles. The van der Waals surface area contributed by atoms with E-state index >= 15 is 0 Å². The maximum Gasteiger partial charge on any atom is 0.417 e. The van der Waals surface area contributed by atoms with Gasteiger partial charge in [-0.15, -0.1) is 0 Å². The first kappa shape index (κ1) is 26.1. The number of nitrogens with one attached hydrogen (secondary N) is 2. The van der Waals surface area contributed by atoms with Gasteiger partial charge in [0.05, 0.1) is 17.2 Å². The second-order valence-electron chi connectivity index (χ2n) is 8.41. The average molecular weight is 494 g/mol. The van der Waals surface area contributed by atoms with E-state index in [2.05, 4.69) is 15.6 Å². The van der Waals surface area contributed by atoms with Crippen LogP contribution in [0, 0.1) is 5.82 Å². The molecule has 188 valence electrons. The van der Waals surface area contributed by atoms with Crippen LogP contribution in [0.4, 0.5) is 17.6 Å². The SMILES string of the molecule is CCN(CC)C(=O)c1ccc([C@@H](C)NC(=O)C2(NC(=O)c3cncc(C(F)(F)F)c3)CC2)c(F)c1. The van der Waals surface area contributed by atoms with Crippen LogP contribution in [-0.4, -0.2) is 46.2 Å². The van der Waals surface area contributed by atoms with Crippen molar-refractivity contribution in [3.05, 3.63) is 64.7 Å². The maximum atomic E-state index is 14.8. The number of carbonyl (C=O) groups excluding carboxylic acids is 3. The molecule has 0 saturated heterocycles. The Bertz CT molecular complexity index is 1130. The first-order chi connectivity index (χ1) is 16.4. The molecule has 0 bridgehead atoms. The number of amides is 3. The third kappa shape index (κ3) is 5.77. The summed E-state index contributed by atoms with van der Waals surface area (Å²) in [7, 11) is 0. The van der Waals surface area contributed by atoms with Crippen LogP contribution in [0.1, 0.15) is 71.5 Å². The van der Waals surface area contributed by atoms with Gasteiger partial charge in [-0.2, -0.15) is 13.2 Å². The van der Waals surface area contributed by atoms with E-state index in [1.54, 1.807) is 11.8 Å². The summed E-state index contributed by atoms with van der Waals surface area (Å²) < 4.78 is 53.5. The normalized spacial score (nSPS) is 15.2. The van der Waals surface area contributed by atoms with Crippen molar-refractivity contribution in [2.45, 2.75) is 51.4 Å².